The molecule has 0 amide bonds. The van der Waals surface area contributed by atoms with E-state index in [0.717, 1.165) is 5.56 Å². The van der Waals surface area contributed by atoms with E-state index < -0.39 is 45.7 Å². The van der Waals surface area contributed by atoms with Gasteiger partial charge in [0, 0.05) is 36.7 Å². The number of aliphatic carboxylic acids is 2. The van der Waals surface area contributed by atoms with Crippen LogP contribution in [0.3, 0.4) is 0 Å². The van der Waals surface area contributed by atoms with Gasteiger partial charge in [-0.3, -0.25) is 19.7 Å². The molecule has 0 saturated carbocycles. The summed E-state index contributed by atoms with van der Waals surface area (Å²) >= 11 is 0. The van der Waals surface area contributed by atoms with Crippen LogP contribution >= 0.6 is 12.4 Å². The van der Waals surface area contributed by atoms with Gasteiger partial charge in [0.15, 0.2) is 0 Å². The number of hydrogen-bond donors (Lipinski definition) is 3. The second-order valence-corrected chi connectivity index (χ2v) is 9.80. The summed E-state index contributed by atoms with van der Waals surface area (Å²) < 4.78 is 0. The van der Waals surface area contributed by atoms with Crippen molar-refractivity contribution in [3.63, 3.8) is 0 Å². The van der Waals surface area contributed by atoms with Gasteiger partial charge in [-0.2, -0.15) is 0 Å². The van der Waals surface area contributed by atoms with Crippen molar-refractivity contribution in [1.82, 2.24) is 10.2 Å². The van der Waals surface area contributed by atoms with E-state index in [4.69, 9.17) is 0 Å². The molecular weight excluding hydrogens is 486 g/mol. The highest BCUT2D eigenvalue weighted by Crippen LogP contribution is 2.57. The van der Waals surface area contributed by atoms with E-state index in [-0.39, 0.29) is 24.5 Å². The van der Waals surface area contributed by atoms with Gasteiger partial charge in [0.1, 0.15) is 0 Å². The van der Waals surface area contributed by atoms with Crippen molar-refractivity contribution in [1.29, 1.82) is 0 Å². The van der Waals surface area contributed by atoms with Crippen molar-refractivity contribution in [3.05, 3.63) is 75.8 Å². The Hall–Kier alpha value is -3.01. The number of non-ortho nitro benzene ring substituents is 1. The minimum absolute atomic E-state index is 0. The van der Waals surface area contributed by atoms with Crippen LogP contribution < -0.4 is 5.32 Å². The SMILES string of the molecule is CC1NC(C)C(CCN(C)Cc2ccccc2)(C(=O)O)C(c2cccc([N+](=O)[O-])c2)C1(C)C(=O)O.Cl. The van der Waals surface area contributed by atoms with Crippen LogP contribution in [0.5, 0.6) is 0 Å². The minimum Gasteiger partial charge on any atom is -0.481 e. The third-order valence-corrected chi connectivity index (χ3v) is 7.76. The molecule has 0 aliphatic carbocycles. The molecule has 5 atom stereocenters. The quantitative estimate of drug-likeness (QED) is 0.332. The Kier molecular flexibility index (Phi) is 9.23. The van der Waals surface area contributed by atoms with E-state index in [1.54, 1.807) is 19.9 Å². The zero-order chi connectivity index (χ0) is 26.0. The lowest BCUT2D eigenvalue weighted by atomic mass is 9.51. The molecule has 0 spiro atoms. The van der Waals surface area contributed by atoms with Crippen LogP contribution in [0.4, 0.5) is 5.69 Å². The first-order valence-electron chi connectivity index (χ1n) is 11.6. The third-order valence-electron chi connectivity index (χ3n) is 7.76. The molecule has 36 heavy (non-hydrogen) atoms. The van der Waals surface area contributed by atoms with Gasteiger partial charge in [0.25, 0.3) is 5.69 Å². The van der Waals surface area contributed by atoms with E-state index in [1.807, 2.05) is 42.3 Å². The van der Waals surface area contributed by atoms with Gasteiger partial charge in [-0.15, -0.1) is 12.4 Å². The number of nitro groups is 1. The third kappa shape index (κ3) is 5.23. The molecule has 1 saturated heterocycles. The van der Waals surface area contributed by atoms with E-state index in [2.05, 4.69) is 5.32 Å². The van der Waals surface area contributed by atoms with E-state index in [9.17, 15) is 29.9 Å². The molecule has 0 aromatic heterocycles. The molecule has 3 rings (SSSR count). The van der Waals surface area contributed by atoms with Crippen molar-refractivity contribution >= 4 is 30.0 Å². The number of nitrogens with one attached hydrogen (secondary N) is 1. The molecular formula is C26H34ClN3O6. The number of hydrogen-bond acceptors (Lipinski definition) is 6. The highest BCUT2D eigenvalue weighted by molar-refractivity contribution is 5.85. The molecule has 2 aromatic rings. The summed E-state index contributed by atoms with van der Waals surface area (Å²) in [7, 11) is 1.89. The van der Waals surface area contributed by atoms with Crippen LogP contribution in [0.25, 0.3) is 0 Å². The number of carbonyl (C=O) groups is 2. The van der Waals surface area contributed by atoms with Crippen LogP contribution in [-0.2, 0) is 16.1 Å². The Morgan fingerprint density at radius 3 is 2.25 bits per heavy atom. The van der Waals surface area contributed by atoms with Crippen LogP contribution in [0.15, 0.2) is 54.6 Å². The second-order valence-electron chi connectivity index (χ2n) is 9.80. The van der Waals surface area contributed by atoms with Crippen molar-refractivity contribution in [2.75, 3.05) is 13.6 Å². The maximum Gasteiger partial charge on any atom is 0.311 e. The topological polar surface area (TPSA) is 133 Å². The largest absolute Gasteiger partial charge is 0.481 e. The summed E-state index contributed by atoms with van der Waals surface area (Å²) in [5, 5.41) is 35.8. The lowest BCUT2D eigenvalue weighted by Crippen LogP contribution is -2.69. The smallest absolute Gasteiger partial charge is 0.311 e. The first-order valence-corrected chi connectivity index (χ1v) is 11.6. The molecule has 0 bridgehead atoms. The molecule has 1 fully saturated rings. The van der Waals surface area contributed by atoms with Gasteiger partial charge in [0.2, 0.25) is 0 Å². The zero-order valence-electron chi connectivity index (χ0n) is 20.9. The highest BCUT2D eigenvalue weighted by atomic mass is 35.5. The molecule has 2 aromatic carbocycles. The molecule has 5 unspecified atom stereocenters. The molecule has 10 heteroatoms. The number of benzene rings is 2. The van der Waals surface area contributed by atoms with Crippen molar-refractivity contribution in [2.45, 2.75) is 51.7 Å². The molecule has 1 heterocycles. The van der Waals surface area contributed by atoms with Crippen molar-refractivity contribution in [3.8, 4) is 0 Å². The Bertz CT molecular complexity index is 1100. The van der Waals surface area contributed by atoms with Gasteiger partial charge in [-0.05, 0) is 51.9 Å². The first-order chi connectivity index (χ1) is 16.4. The monoisotopic (exact) mass is 519 g/mol. The van der Waals surface area contributed by atoms with Gasteiger partial charge < -0.3 is 20.4 Å². The number of halogens is 1. The number of nitro benzene ring substituents is 1. The summed E-state index contributed by atoms with van der Waals surface area (Å²) in [5.41, 5.74) is -1.84. The highest BCUT2D eigenvalue weighted by Gasteiger charge is 2.65. The number of rotatable bonds is 9. The van der Waals surface area contributed by atoms with Crippen molar-refractivity contribution in [2.24, 2.45) is 10.8 Å². The standard InChI is InChI=1S/C26H33N3O6.ClH/c1-17-25(3,23(30)31)22(20-11-8-12-21(15-20)29(34)35)26(24(32)33,18(2)27-17)13-14-28(4)16-19-9-6-5-7-10-19;/h5-12,15,17-18,22,27H,13-14,16H2,1-4H3,(H,30,31)(H,32,33);1H. The molecule has 3 N–H and O–H groups in total. The van der Waals surface area contributed by atoms with E-state index in [0.29, 0.717) is 18.7 Å². The summed E-state index contributed by atoms with van der Waals surface area (Å²) in [5.74, 6) is -3.29. The van der Waals surface area contributed by atoms with Gasteiger partial charge in [-0.25, -0.2) is 0 Å². The summed E-state index contributed by atoms with van der Waals surface area (Å²) in [6, 6.07) is 14.4. The predicted octanol–water partition coefficient (Wildman–Crippen LogP) is 4.16. The molecule has 1 aliphatic heterocycles. The zero-order valence-corrected chi connectivity index (χ0v) is 21.7. The molecule has 9 nitrogen and oxygen atoms in total. The Labute approximate surface area is 217 Å². The summed E-state index contributed by atoms with van der Waals surface area (Å²) in [6.07, 6.45) is 0.156. The first kappa shape index (κ1) is 29.2. The lowest BCUT2D eigenvalue weighted by Gasteiger charge is -2.56. The van der Waals surface area contributed by atoms with Crippen LogP contribution in [0.2, 0.25) is 0 Å². The van der Waals surface area contributed by atoms with Crippen LogP contribution in [0.1, 0.15) is 44.2 Å². The summed E-state index contributed by atoms with van der Waals surface area (Å²) in [6.45, 7) is 6.01. The Morgan fingerprint density at radius 1 is 1.06 bits per heavy atom. The number of carboxylic acids is 2. The average molecular weight is 520 g/mol. The van der Waals surface area contributed by atoms with Gasteiger partial charge in [-0.1, -0.05) is 42.5 Å². The maximum atomic E-state index is 13.1. The van der Waals surface area contributed by atoms with Crippen LogP contribution in [-0.4, -0.2) is 57.7 Å². The summed E-state index contributed by atoms with van der Waals surface area (Å²) in [4.78, 5) is 38.8. The number of piperidine rings is 1. The van der Waals surface area contributed by atoms with E-state index >= 15 is 0 Å². The normalized spacial score (nSPS) is 27.8. The average Bonchev–Trinajstić information content (AvgIpc) is 2.80. The fourth-order valence-corrected chi connectivity index (χ4v) is 5.63. The molecule has 0 radical (unpaired) electrons. The fraction of sp³-hybridized carbons (Fsp3) is 0.462. The lowest BCUT2D eigenvalue weighted by molar-refractivity contribution is -0.385. The Balaban J connectivity index is 0.00000456. The minimum atomic E-state index is -1.53. The van der Waals surface area contributed by atoms with Crippen LogP contribution in [0, 0.1) is 20.9 Å². The predicted molar refractivity (Wildman–Crippen MR) is 138 cm³/mol. The molecule has 1 aliphatic rings. The second kappa shape index (κ2) is 11.4. The molecule has 196 valence electrons. The van der Waals surface area contributed by atoms with E-state index in [1.165, 1.54) is 25.1 Å². The van der Waals surface area contributed by atoms with Gasteiger partial charge >= 0.3 is 11.9 Å². The van der Waals surface area contributed by atoms with Gasteiger partial charge in [0.05, 0.1) is 15.8 Å². The maximum absolute atomic E-state index is 13.1. The van der Waals surface area contributed by atoms with Crippen molar-refractivity contribution < 1.29 is 24.7 Å². The number of nitrogens with zero attached hydrogens (tertiary/aromatic N) is 2. The fourth-order valence-electron chi connectivity index (χ4n) is 5.63. The number of carboxylic acid groups (broad SMARTS) is 2. The Morgan fingerprint density at radius 2 is 1.69 bits per heavy atom.